The van der Waals surface area contributed by atoms with Crippen LogP contribution in [0.1, 0.15) is 19.8 Å². The summed E-state index contributed by atoms with van der Waals surface area (Å²) in [7, 11) is 0. The first-order valence-corrected chi connectivity index (χ1v) is 9.39. The first kappa shape index (κ1) is 17.0. The summed E-state index contributed by atoms with van der Waals surface area (Å²) >= 11 is 0. The zero-order valence-corrected chi connectivity index (χ0v) is 15.2. The first-order chi connectivity index (χ1) is 12.7. The van der Waals surface area contributed by atoms with Crippen molar-refractivity contribution in [3.05, 3.63) is 36.3 Å². The summed E-state index contributed by atoms with van der Waals surface area (Å²) in [5, 5.41) is 8.44. The van der Waals surface area contributed by atoms with Crippen LogP contribution in [0.15, 0.2) is 30.5 Å². The second-order valence-corrected chi connectivity index (χ2v) is 7.23. The highest BCUT2D eigenvalue weighted by molar-refractivity contribution is 5.49. The number of piperidine rings is 1. The molecule has 0 N–H and O–H groups in total. The Morgan fingerprint density at radius 2 is 1.54 bits per heavy atom. The molecule has 1 aromatic carbocycles. The number of benzene rings is 1. The van der Waals surface area contributed by atoms with Gasteiger partial charge in [0.15, 0.2) is 5.82 Å². The second kappa shape index (κ2) is 7.43. The van der Waals surface area contributed by atoms with Gasteiger partial charge in [-0.25, -0.2) is 4.39 Å². The van der Waals surface area contributed by atoms with Crippen LogP contribution in [-0.4, -0.2) is 54.4 Å². The van der Waals surface area contributed by atoms with Crippen molar-refractivity contribution in [3.8, 4) is 0 Å². The van der Waals surface area contributed by atoms with Gasteiger partial charge >= 0.3 is 0 Å². The molecule has 0 atom stereocenters. The fourth-order valence-corrected chi connectivity index (χ4v) is 3.63. The topological polar surface area (TPSA) is 48.4 Å². The molecule has 0 unspecified atom stereocenters. The van der Waals surface area contributed by atoms with Gasteiger partial charge < -0.3 is 14.7 Å². The maximum Gasteiger partial charge on any atom is 0.247 e. The van der Waals surface area contributed by atoms with Crippen LogP contribution in [0.3, 0.4) is 0 Å². The van der Waals surface area contributed by atoms with E-state index in [1.54, 1.807) is 6.20 Å². The fourth-order valence-electron chi connectivity index (χ4n) is 3.63. The van der Waals surface area contributed by atoms with Gasteiger partial charge in [-0.15, -0.1) is 5.10 Å². The summed E-state index contributed by atoms with van der Waals surface area (Å²) in [6, 6.07) is 6.71. The highest BCUT2D eigenvalue weighted by Crippen LogP contribution is 2.23. The van der Waals surface area contributed by atoms with Crippen molar-refractivity contribution in [3.63, 3.8) is 0 Å². The Hall–Kier alpha value is -2.44. The van der Waals surface area contributed by atoms with Crippen molar-refractivity contribution < 1.29 is 4.39 Å². The molecule has 1 aromatic heterocycles. The molecule has 138 valence electrons. The predicted molar refractivity (Wildman–Crippen MR) is 101 cm³/mol. The van der Waals surface area contributed by atoms with E-state index in [9.17, 15) is 4.39 Å². The molecule has 26 heavy (non-hydrogen) atoms. The van der Waals surface area contributed by atoms with Crippen molar-refractivity contribution in [2.45, 2.75) is 19.8 Å². The van der Waals surface area contributed by atoms with Crippen LogP contribution in [-0.2, 0) is 0 Å². The number of rotatable bonds is 3. The van der Waals surface area contributed by atoms with Crippen LogP contribution in [0.5, 0.6) is 0 Å². The van der Waals surface area contributed by atoms with Gasteiger partial charge in [-0.2, -0.15) is 10.1 Å². The lowest BCUT2D eigenvalue weighted by atomic mass is 10.00. The van der Waals surface area contributed by atoms with Crippen LogP contribution < -0.4 is 14.7 Å². The van der Waals surface area contributed by atoms with E-state index >= 15 is 0 Å². The van der Waals surface area contributed by atoms with Gasteiger partial charge in [-0.3, -0.25) is 0 Å². The van der Waals surface area contributed by atoms with E-state index in [4.69, 9.17) is 4.98 Å². The monoisotopic (exact) mass is 356 g/mol. The van der Waals surface area contributed by atoms with Crippen molar-refractivity contribution in [1.82, 2.24) is 15.2 Å². The largest absolute Gasteiger partial charge is 0.368 e. The molecule has 0 bridgehead atoms. The number of aromatic nitrogens is 3. The number of anilines is 3. The molecule has 0 radical (unpaired) electrons. The molecule has 2 saturated heterocycles. The van der Waals surface area contributed by atoms with E-state index in [-0.39, 0.29) is 5.82 Å². The van der Waals surface area contributed by atoms with E-state index in [1.165, 1.54) is 25.0 Å². The maximum atomic E-state index is 13.1. The molecule has 6 nitrogen and oxygen atoms in total. The van der Waals surface area contributed by atoms with Crippen molar-refractivity contribution in [2.75, 3.05) is 54.0 Å². The molecule has 2 aliphatic rings. The lowest BCUT2D eigenvalue weighted by Gasteiger charge is -2.37. The molecule has 0 saturated carbocycles. The standard InChI is InChI=1S/C19H25FN6/c1-15-6-8-26(9-7-15)19-22-18(14-21-23-19)25-12-10-24(11-13-25)17-4-2-16(20)3-5-17/h2-5,14-15H,6-13H2,1H3. The summed E-state index contributed by atoms with van der Waals surface area (Å²) in [5.41, 5.74) is 1.06. The number of piperazine rings is 1. The molecule has 3 heterocycles. The van der Waals surface area contributed by atoms with Crippen LogP contribution in [0, 0.1) is 11.7 Å². The van der Waals surface area contributed by atoms with Gasteiger partial charge in [-0.1, -0.05) is 6.92 Å². The highest BCUT2D eigenvalue weighted by atomic mass is 19.1. The quantitative estimate of drug-likeness (QED) is 0.842. The fraction of sp³-hybridized carbons (Fsp3) is 0.526. The summed E-state index contributed by atoms with van der Waals surface area (Å²) in [6.45, 7) is 7.81. The third kappa shape index (κ3) is 3.71. The molecule has 2 aromatic rings. The smallest absolute Gasteiger partial charge is 0.247 e. The number of hydrogen-bond donors (Lipinski definition) is 0. The van der Waals surface area contributed by atoms with E-state index in [1.807, 2.05) is 12.1 Å². The van der Waals surface area contributed by atoms with Gasteiger partial charge in [-0.05, 0) is 43.0 Å². The zero-order chi connectivity index (χ0) is 17.9. The van der Waals surface area contributed by atoms with Crippen LogP contribution in [0.25, 0.3) is 0 Å². The van der Waals surface area contributed by atoms with Crippen LogP contribution in [0.2, 0.25) is 0 Å². The van der Waals surface area contributed by atoms with E-state index in [0.29, 0.717) is 0 Å². The highest BCUT2D eigenvalue weighted by Gasteiger charge is 2.22. The van der Waals surface area contributed by atoms with Gasteiger partial charge in [0.25, 0.3) is 0 Å². The maximum absolute atomic E-state index is 13.1. The van der Waals surface area contributed by atoms with E-state index in [2.05, 4.69) is 31.8 Å². The number of halogens is 1. The Kier molecular flexibility index (Phi) is 4.86. The normalized spacial score (nSPS) is 19.1. The molecule has 0 aliphatic carbocycles. The summed E-state index contributed by atoms with van der Waals surface area (Å²) in [5.74, 6) is 2.23. The summed E-state index contributed by atoms with van der Waals surface area (Å²) in [4.78, 5) is 11.5. The predicted octanol–water partition coefficient (Wildman–Crippen LogP) is 2.57. The van der Waals surface area contributed by atoms with Crippen molar-refractivity contribution in [1.29, 1.82) is 0 Å². The van der Waals surface area contributed by atoms with Crippen LogP contribution in [0.4, 0.5) is 21.8 Å². The minimum absolute atomic E-state index is 0.195. The Balaban J connectivity index is 1.40. The molecular weight excluding hydrogens is 331 g/mol. The molecule has 2 fully saturated rings. The van der Waals surface area contributed by atoms with Crippen molar-refractivity contribution in [2.24, 2.45) is 5.92 Å². The minimum Gasteiger partial charge on any atom is -0.368 e. The molecule has 4 rings (SSSR count). The number of nitrogens with zero attached hydrogens (tertiary/aromatic N) is 6. The molecule has 0 amide bonds. The summed E-state index contributed by atoms with van der Waals surface area (Å²) < 4.78 is 13.1. The van der Waals surface area contributed by atoms with Crippen molar-refractivity contribution >= 4 is 17.5 Å². The van der Waals surface area contributed by atoms with Gasteiger partial charge in [0.2, 0.25) is 5.95 Å². The lowest BCUT2D eigenvalue weighted by Crippen LogP contribution is -2.47. The Labute approximate surface area is 153 Å². The minimum atomic E-state index is -0.195. The molecular formula is C19H25FN6. The average Bonchev–Trinajstić information content (AvgIpc) is 2.69. The first-order valence-electron chi connectivity index (χ1n) is 9.39. The Morgan fingerprint density at radius 1 is 0.885 bits per heavy atom. The summed E-state index contributed by atoms with van der Waals surface area (Å²) in [6.07, 6.45) is 4.12. The average molecular weight is 356 g/mol. The van der Waals surface area contributed by atoms with E-state index in [0.717, 1.165) is 62.6 Å². The van der Waals surface area contributed by atoms with E-state index < -0.39 is 0 Å². The molecule has 0 spiro atoms. The van der Waals surface area contributed by atoms with Gasteiger partial charge in [0.1, 0.15) is 5.82 Å². The zero-order valence-electron chi connectivity index (χ0n) is 15.2. The molecule has 7 heteroatoms. The second-order valence-electron chi connectivity index (χ2n) is 7.23. The Bertz CT molecular complexity index is 721. The Morgan fingerprint density at radius 3 is 2.23 bits per heavy atom. The van der Waals surface area contributed by atoms with Gasteiger partial charge in [0.05, 0.1) is 6.20 Å². The SMILES string of the molecule is CC1CCN(c2nncc(N3CCN(c4ccc(F)cc4)CC3)n2)CC1. The number of hydrogen-bond acceptors (Lipinski definition) is 6. The third-order valence-corrected chi connectivity index (χ3v) is 5.40. The van der Waals surface area contributed by atoms with Gasteiger partial charge in [0, 0.05) is 45.0 Å². The molecule has 2 aliphatic heterocycles. The third-order valence-electron chi connectivity index (χ3n) is 5.40. The lowest BCUT2D eigenvalue weighted by molar-refractivity contribution is 0.433. The van der Waals surface area contributed by atoms with Crippen LogP contribution >= 0.6 is 0 Å².